The summed E-state index contributed by atoms with van der Waals surface area (Å²) in [6, 6.07) is 5.15. The summed E-state index contributed by atoms with van der Waals surface area (Å²) in [6.07, 6.45) is 3.74. The van der Waals surface area contributed by atoms with Gasteiger partial charge in [0.05, 0.1) is 5.52 Å². The molecule has 28 heavy (non-hydrogen) atoms. The molecule has 1 heterocycles. The number of aliphatic carboxylic acids is 1. The average Bonchev–Trinajstić information content (AvgIpc) is 2.66. The Labute approximate surface area is 162 Å². The molecule has 2 N–H and O–H groups in total. The molecule has 2 aromatic rings. The molecule has 7 heteroatoms. The van der Waals surface area contributed by atoms with Crippen LogP contribution in [0.5, 0.6) is 0 Å². The van der Waals surface area contributed by atoms with Crippen molar-refractivity contribution in [1.82, 2.24) is 4.57 Å². The SMILES string of the molecule is CCn1cc(C(=O)O)c(=O)c2cc(C#CCOCCCCCC(=O)O)ccc21. The first-order valence-electron chi connectivity index (χ1n) is 9.13. The smallest absolute Gasteiger partial charge is 0.341 e. The summed E-state index contributed by atoms with van der Waals surface area (Å²) in [6.45, 7) is 3.16. The van der Waals surface area contributed by atoms with E-state index in [2.05, 4.69) is 11.8 Å². The van der Waals surface area contributed by atoms with E-state index in [4.69, 9.17) is 9.84 Å². The molecule has 0 radical (unpaired) electrons. The van der Waals surface area contributed by atoms with E-state index in [0.29, 0.717) is 36.0 Å². The van der Waals surface area contributed by atoms with Crippen LogP contribution >= 0.6 is 0 Å². The fourth-order valence-corrected chi connectivity index (χ4v) is 2.81. The van der Waals surface area contributed by atoms with E-state index >= 15 is 0 Å². The number of hydrogen-bond acceptors (Lipinski definition) is 4. The van der Waals surface area contributed by atoms with Crippen LogP contribution in [0.15, 0.2) is 29.2 Å². The van der Waals surface area contributed by atoms with Gasteiger partial charge in [0.1, 0.15) is 12.2 Å². The van der Waals surface area contributed by atoms with E-state index in [1.165, 1.54) is 6.20 Å². The predicted octanol–water partition coefficient (Wildman–Crippen LogP) is 2.73. The molecule has 0 aliphatic rings. The molecule has 1 aromatic heterocycles. The number of aromatic nitrogens is 1. The number of carbonyl (C=O) groups is 2. The summed E-state index contributed by atoms with van der Waals surface area (Å²) in [5.74, 6) is 3.75. The molecule has 7 nitrogen and oxygen atoms in total. The standard InChI is InChI=1S/C21H23NO6/c1-2-22-14-17(21(26)27)20(25)16-13-15(9-10-18(16)22)7-6-12-28-11-5-3-4-8-19(23)24/h9-10,13-14H,2-5,8,11-12H2,1H3,(H,23,24)(H,26,27). The Kier molecular flexibility index (Phi) is 7.78. The largest absolute Gasteiger partial charge is 0.481 e. The molecule has 1 aromatic carbocycles. The van der Waals surface area contributed by atoms with Gasteiger partial charge in [-0.2, -0.15) is 0 Å². The number of carboxylic acids is 2. The number of aryl methyl sites for hydroxylation is 1. The molecule has 0 bridgehead atoms. The number of ether oxygens (including phenoxy) is 1. The Balaban J connectivity index is 2.02. The molecular formula is C21H23NO6. The molecule has 0 amide bonds. The van der Waals surface area contributed by atoms with Gasteiger partial charge in [0.15, 0.2) is 0 Å². The van der Waals surface area contributed by atoms with E-state index in [0.717, 1.165) is 12.8 Å². The third kappa shape index (κ3) is 5.69. The van der Waals surface area contributed by atoms with E-state index < -0.39 is 17.4 Å². The Morgan fingerprint density at radius 1 is 1.18 bits per heavy atom. The number of benzene rings is 1. The van der Waals surface area contributed by atoms with Crippen LogP contribution < -0.4 is 5.43 Å². The maximum Gasteiger partial charge on any atom is 0.341 e. The average molecular weight is 385 g/mol. The number of aromatic carboxylic acids is 1. The maximum atomic E-state index is 12.4. The van der Waals surface area contributed by atoms with Crippen molar-refractivity contribution in [2.24, 2.45) is 0 Å². The van der Waals surface area contributed by atoms with Gasteiger partial charge in [0, 0.05) is 36.7 Å². The van der Waals surface area contributed by atoms with Crippen LogP contribution in [0, 0.1) is 11.8 Å². The molecule has 148 valence electrons. The lowest BCUT2D eigenvalue weighted by molar-refractivity contribution is -0.137. The minimum absolute atomic E-state index is 0.172. The zero-order chi connectivity index (χ0) is 20.5. The Bertz CT molecular complexity index is 980. The quantitative estimate of drug-likeness (QED) is 0.508. The molecular weight excluding hydrogens is 362 g/mol. The highest BCUT2D eigenvalue weighted by Gasteiger charge is 2.14. The second kappa shape index (κ2) is 10.3. The third-order valence-corrected chi connectivity index (χ3v) is 4.24. The lowest BCUT2D eigenvalue weighted by Gasteiger charge is -2.10. The van der Waals surface area contributed by atoms with Crippen LogP contribution in [0.3, 0.4) is 0 Å². The second-order valence-electron chi connectivity index (χ2n) is 6.25. The summed E-state index contributed by atoms with van der Waals surface area (Å²) in [5, 5.41) is 18.1. The molecule has 0 saturated heterocycles. The van der Waals surface area contributed by atoms with Crippen molar-refractivity contribution >= 4 is 22.8 Å². The van der Waals surface area contributed by atoms with Crippen LogP contribution in [0.1, 0.15) is 48.5 Å². The highest BCUT2D eigenvalue weighted by Crippen LogP contribution is 2.14. The van der Waals surface area contributed by atoms with Crippen molar-refractivity contribution in [2.75, 3.05) is 13.2 Å². The van der Waals surface area contributed by atoms with E-state index in [-0.39, 0.29) is 18.6 Å². The summed E-state index contributed by atoms with van der Waals surface area (Å²) in [4.78, 5) is 34.1. The minimum atomic E-state index is -1.25. The van der Waals surface area contributed by atoms with E-state index in [9.17, 15) is 19.5 Å². The first-order valence-corrected chi connectivity index (χ1v) is 9.13. The monoisotopic (exact) mass is 385 g/mol. The molecule has 2 rings (SSSR count). The predicted molar refractivity (Wildman–Crippen MR) is 105 cm³/mol. The van der Waals surface area contributed by atoms with Crippen molar-refractivity contribution < 1.29 is 24.5 Å². The number of unbranched alkanes of at least 4 members (excludes halogenated alkanes) is 2. The van der Waals surface area contributed by atoms with E-state index in [1.807, 2.05) is 6.92 Å². The van der Waals surface area contributed by atoms with Crippen LogP contribution in [0.25, 0.3) is 10.9 Å². The molecule has 0 aliphatic heterocycles. The van der Waals surface area contributed by atoms with Gasteiger partial charge in [0.2, 0.25) is 5.43 Å². The Hall–Kier alpha value is -3.11. The lowest BCUT2D eigenvalue weighted by Crippen LogP contribution is -2.18. The van der Waals surface area contributed by atoms with Crippen LogP contribution in [-0.2, 0) is 16.1 Å². The van der Waals surface area contributed by atoms with Crippen molar-refractivity contribution in [3.63, 3.8) is 0 Å². The fourth-order valence-electron chi connectivity index (χ4n) is 2.81. The topological polar surface area (TPSA) is 106 Å². The zero-order valence-electron chi connectivity index (χ0n) is 15.7. The van der Waals surface area contributed by atoms with Crippen LogP contribution in [0.2, 0.25) is 0 Å². The molecule has 0 aliphatic carbocycles. The Morgan fingerprint density at radius 2 is 1.96 bits per heavy atom. The van der Waals surface area contributed by atoms with Crippen molar-refractivity contribution in [1.29, 1.82) is 0 Å². The summed E-state index contributed by atoms with van der Waals surface area (Å²) < 4.78 is 7.12. The lowest BCUT2D eigenvalue weighted by atomic mass is 10.1. The van der Waals surface area contributed by atoms with Gasteiger partial charge in [-0.25, -0.2) is 4.79 Å². The third-order valence-electron chi connectivity index (χ3n) is 4.24. The van der Waals surface area contributed by atoms with Gasteiger partial charge in [-0.15, -0.1) is 0 Å². The van der Waals surface area contributed by atoms with Crippen molar-refractivity contribution in [3.8, 4) is 11.8 Å². The molecule has 0 fully saturated rings. The highest BCUT2D eigenvalue weighted by molar-refractivity contribution is 5.92. The van der Waals surface area contributed by atoms with E-state index in [1.54, 1.807) is 22.8 Å². The molecule has 0 atom stereocenters. The van der Waals surface area contributed by atoms with Gasteiger partial charge in [0.25, 0.3) is 0 Å². The number of pyridine rings is 1. The summed E-state index contributed by atoms with van der Waals surface area (Å²) in [7, 11) is 0. The minimum Gasteiger partial charge on any atom is -0.481 e. The number of hydrogen-bond donors (Lipinski definition) is 2. The van der Waals surface area contributed by atoms with Crippen LogP contribution in [0.4, 0.5) is 0 Å². The highest BCUT2D eigenvalue weighted by atomic mass is 16.5. The number of rotatable bonds is 9. The molecule has 0 spiro atoms. The fraction of sp³-hybridized carbons (Fsp3) is 0.381. The first-order chi connectivity index (χ1) is 13.4. The van der Waals surface area contributed by atoms with Gasteiger partial charge >= 0.3 is 11.9 Å². The molecule has 0 saturated carbocycles. The normalized spacial score (nSPS) is 10.5. The van der Waals surface area contributed by atoms with Gasteiger partial charge in [-0.3, -0.25) is 9.59 Å². The second-order valence-corrected chi connectivity index (χ2v) is 6.25. The number of nitrogens with zero attached hydrogens (tertiary/aromatic N) is 1. The first kappa shape index (κ1) is 21.2. The van der Waals surface area contributed by atoms with Crippen molar-refractivity contribution in [3.05, 3.63) is 45.7 Å². The van der Waals surface area contributed by atoms with Crippen molar-refractivity contribution in [2.45, 2.75) is 39.2 Å². The summed E-state index contributed by atoms with van der Waals surface area (Å²) in [5.41, 5.74) is 0.500. The zero-order valence-corrected chi connectivity index (χ0v) is 15.7. The van der Waals surface area contributed by atoms with Gasteiger partial charge in [-0.1, -0.05) is 18.3 Å². The summed E-state index contributed by atoms with van der Waals surface area (Å²) >= 11 is 0. The van der Waals surface area contributed by atoms with Gasteiger partial charge < -0.3 is 19.5 Å². The van der Waals surface area contributed by atoms with Gasteiger partial charge in [-0.05, 0) is 38.0 Å². The molecule has 0 unspecified atom stereocenters. The van der Waals surface area contributed by atoms with Crippen LogP contribution in [-0.4, -0.2) is 39.9 Å². The number of fused-ring (bicyclic) bond motifs is 1. The number of carboxylic acid groups (broad SMARTS) is 2. The Morgan fingerprint density at radius 3 is 2.64 bits per heavy atom. The maximum absolute atomic E-state index is 12.4.